The smallest absolute Gasteiger partial charge is 0.252 e. The second-order valence-corrected chi connectivity index (χ2v) is 11.6. The van der Waals surface area contributed by atoms with Crippen molar-refractivity contribution in [2.75, 3.05) is 31.1 Å². The zero-order chi connectivity index (χ0) is 27.1. The second kappa shape index (κ2) is 10.6. The minimum atomic E-state index is 0.534. The topological polar surface area (TPSA) is 87.4 Å². The van der Waals surface area contributed by atoms with E-state index in [0.717, 1.165) is 79.9 Å². The highest BCUT2D eigenvalue weighted by molar-refractivity contribution is 5.59. The van der Waals surface area contributed by atoms with Crippen LogP contribution in [0.2, 0.25) is 0 Å². The number of benzene rings is 1. The van der Waals surface area contributed by atoms with E-state index in [1.54, 1.807) is 0 Å². The van der Waals surface area contributed by atoms with Crippen LogP contribution >= 0.6 is 0 Å². The van der Waals surface area contributed by atoms with Crippen LogP contribution in [0, 0.1) is 26.7 Å². The monoisotopic (exact) mass is 525 g/mol. The van der Waals surface area contributed by atoms with Gasteiger partial charge in [0.15, 0.2) is 0 Å². The molecule has 0 bridgehead atoms. The van der Waals surface area contributed by atoms with Gasteiger partial charge in [-0.05, 0) is 64.5 Å². The number of hydrogen-bond donors (Lipinski definition) is 1. The molecule has 9 heteroatoms. The molecule has 0 unspecified atom stereocenters. The fourth-order valence-electron chi connectivity index (χ4n) is 6.34. The molecule has 2 saturated heterocycles. The first-order valence-electron chi connectivity index (χ1n) is 14.2. The first kappa shape index (κ1) is 25.8. The largest absolute Gasteiger partial charge is 0.355 e. The number of nitrogens with zero attached hydrogens (tertiary/aromatic N) is 8. The average molecular weight is 526 g/mol. The Kier molecular flexibility index (Phi) is 7.03. The molecule has 204 valence electrons. The Bertz CT molecular complexity index is 1430. The number of hydrogen-bond acceptors (Lipinski definition) is 8. The number of rotatable bonds is 6. The lowest BCUT2D eigenvalue weighted by atomic mass is 9.96. The van der Waals surface area contributed by atoms with Crippen molar-refractivity contribution >= 4 is 11.6 Å². The van der Waals surface area contributed by atoms with Crippen LogP contribution < -0.4 is 10.2 Å². The van der Waals surface area contributed by atoms with Crippen molar-refractivity contribution in [2.24, 2.45) is 5.92 Å². The highest BCUT2D eigenvalue weighted by Crippen LogP contribution is 2.28. The van der Waals surface area contributed by atoms with E-state index >= 15 is 0 Å². The Balaban J connectivity index is 1.08. The molecular weight excluding hydrogens is 486 g/mol. The van der Waals surface area contributed by atoms with Crippen molar-refractivity contribution in [1.29, 1.82) is 0 Å². The van der Waals surface area contributed by atoms with E-state index in [-0.39, 0.29) is 0 Å². The molecule has 2 fully saturated rings. The second-order valence-electron chi connectivity index (χ2n) is 11.6. The zero-order valence-electron chi connectivity index (χ0n) is 23.7. The Morgan fingerprint density at radius 2 is 1.69 bits per heavy atom. The quantitative estimate of drug-likeness (QED) is 0.407. The number of piperazine rings is 1. The van der Waals surface area contributed by atoms with Gasteiger partial charge in [-0.1, -0.05) is 24.3 Å². The van der Waals surface area contributed by atoms with Crippen LogP contribution in [0.25, 0.3) is 17.0 Å². The van der Waals surface area contributed by atoms with E-state index in [0.29, 0.717) is 23.8 Å². The summed E-state index contributed by atoms with van der Waals surface area (Å²) in [6.07, 6.45) is 5.95. The third-order valence-corrected chi connectivity index (χ3v) is 8.18. The average Bonchev–Trinajstić information content (AvgIpc) is 3.53. The van der Waals surface area contributed by atoms with Gasteiger partial charge in [0.25, 0.3) is 5.78 Å². The Morgan fingerprint density at radius 3 is 2.41 bits per heavy atom. The summed E-state index contributed by atoms with van der Waals surface area (Å²) < 4.78 is 1.88. The molecule has 0 spiro atoms. The van der Waals surface area contributed by atoms with Gasteiger partial charge >= 0.3 is 0 Å². The van der Waals surface area contributed by atoms with Crippen LogP contribution in [-0.2, 0) is 13.0 Å². The fourth-order valence-corrected chi connectivity index (χ4v) is 6.34. The van der Waals surface area contributed by atoms with Crippen molar-refractivity contribution < 1.29 is 0 Å². The minimum absolute atomic E-state index is 0.534. The van der Waals surface area contributed by atoms with Gasteiger partial charge < -0.3 is 10.2 Å². The molecule has 1 aromatic carbocycles. The highest BCUT2D eigenvalue weighted by atomic mass is 15.3. The zero-order valence-corrected chi connectivity index (χ0v) is 23.7. The summed E-state index contributed by atoms with van der Waals surface area (Å²) >= 11 is 0. The summed E-state index contributed by atoms with van der Waals surface area (Å²) in [6.45, 7) is 15.8. The summed E-state index contributed by atoms with van der Waals surface area (Å²) in [5, 5.41) is 8.14. The maximum absolute atomic E-state index is 4.80. The normalized spacial score (nSPS) is 22.2. The SMILES string of the molecule is Cc1nc2nc(C)c(C[C@@H]3CCN(c4cnc(-c5ccc(CN6C[C@@H](C)N[C@@H](C)C6)cc5)cn4)C3)c(C)n2n1. The molecule has 5 heterocycles. The van der Waals surface area contributed by atoms with Gasteiger partial charge in [0, 0.05) is 61.8 Å². The predicted molar refractivity (Wildman–Crippen MR) is 154 cm³/mol. The third kappa shape index (κ3) is 5.51. The molecule has 6 rings (SSSR count). The van der Waals surface area contributed by atoms with Crippen LogP contribution in [0.4, 0.5) is 5.82 Å². The van der Waals surface area contributed by atoms with Gasteiger partial charge in [-0.2, -0.15) is 10.1 Å². The standard InChI is InChI=1S/C30H39N9/c1-19-15-37(16-20(2)33-19)17-24-6-8-26(9-7-24)28-13-32-29(14-31-28)38-11-10-25(18-38)12-27-21(3)34-30-35-23(5)36-39(30)22(27)4/h6-9,13-14,19-20,25,33H,10-12,15-18H2,1-5H3/t19-,20+,25-/m0/s1. The van der Waals surface area contributed by atoms with Crippen molar-refractivity contribution in [1.82, 2.24) is 39.8 Å². The lowest BCUT2D eigenvalue weighted by molar-refractivity contribution is 0.166. The van der Waals surface area contributed by atoms with Gasteiger partial charge in [-0.25, -0.2) is 14.5 Å². The molecule has 9 nitrogen and oxygen atoms in total. The molecule has 1 N–H and O–H groups in total. The van der Waals surface area contributed by atoms with E-state index in [2.05, 4.69) is 77.2 Å². The van der Waals surface area contributed by atoms with E-state index < -0.39 is 0 Å². The summed E-state index contributed by atoms with van der Waals surface area (Å²) in [4.78, 5) is 23.6. The third-order valence-electron chi connectivity index (χ3n) is 8.18. The molecule has 3 aromatic heterocycles. The van der Waals surface area contributed by atoms with E-state index in [9.17, 15) is 0 Å². The van der Waals surface area contributed by atoms with Gasteiger partial charge in [0.2, 0.25) is 0 Å². The fraction of sp³-hybridized carbons (Fsp3) is 0.500. The van der Waals surface area contributed by atoms with Gasteiger partial charge in [0.1, 0.15) is 11.6 Å². The minimum Gasteiger partial charge on any atom is -0.355 e. The molecule has 39 heavy (non-hydrogen) atoms. The van der Waals surface area contributed by atoms with Gasteiger partial charge in [-0.15, -0.1) is 0 Å². The van der Waals surface area contributed by atoms with Crippen molar-refractivity contribution in [3.8, 4) is 11.3 Å². The molecule has 4 aromatic rings. The number of aromatic nitrogens is 6. The molecule has 0 amide bonds. The summed E-state index contributed by atoms with van der Waals surface area (Å²) in [7, 11) is 0. The number of nitrogens with one attached hydrogen (secondary N) is 1. The maximum Gasteiger partial charge on any atom is 0.252 e. The number of aryl methyl sites for hydroxylation is 3. The first-order chi connectivity index (χ1) is 18.8. The van der Waals surface area contributed by atoms with Crippen molar-refractivity contribution in [3.05, 3.63) is 65.0 Å². The van der Waals surface area contributed by atoms with Crippen LogP contribution in [0.1, 0.15) is 48.6 Å². The molecule has 0 aliphatic carbocycles. The van der Waals surface area contributed by atoms with Crippen LogP contribution in [0.5, 0.6) is 0 Å². The van der Waals surface area contributed by atoms with Gasteiger partial charge in [0.05, 0.1) is 18.1 Å². The summed E-state index contributed by atoms with van der Waals surface area (Å²) in [5.41, 5.74) is 6.84. The van der Waals surface area contributed by atoms with Crippen molar-refractivity contribution in [3.63, 3.8) is 0 Å². The van der Waals surface area contributed by atoms with Gasteiger partial charge in [-0.3, -0.25) is 9.88 Å². The molecule has 0 saturated carbocycles. The van der Waals surface area contributed by atoms with E-state index in [1.165, 1.54) is 11.1 Å². The van der Waals surface area contributed by atoms with E-state index in [1.807, 2.05) is 23.8 Å². The molecule has 0 radical (unpaired) electrons. The summed E-state index contributed by atoms with van der Waals surface area (Å²) in [5.74, 6) is 2.94. The van der Waals surface area contributed by atoms with Crippen LogP contribution in [-0.4, -0.2) is 72.7 Å². The Labute approximate surface area is 230 Å². The van der Waals surface area contributed by atoms with Crippen LogP contribution in [0.15, 0.2) is 36.7 Å². The molecule has 3 atom stereocenters. The predicted octanol–water partition coefficient (Wildman–Crippen LogP) is 3.76. The number of anilines is 1. The molecule has 2 aliphatic rings. The molecular formula is C30H39N9. The lowest BCUT2D eigenvalue weighted by Gasteiger charge is -2.36. The lowest BCUT2D eigenvalue weighted by Crippen LogP contribution is -2.53. The van der Waals surface area contributed by atoms with Crippen LogP contribution in [0.3, 0.4) is 0 Å². The summed E-state index contributed by atoms with van der Waals surface area (Å²) in [6, 6.07) is 9.87. The highest BCUT2D eigenvalue weighted by Gasteiger charge is 2.26. The van der Waals surface area contributed by atoms with Crippen molar-refractivity contribution in [2.45, 2.75) is 66.1 Å². The van der Waals surface area contributed by atoms with E-state index in [4.69, 9.17) is 15.0 Å². The Hall–Kier alpha value is -3.43. The Morgan fingerprint density at radius 1 is 0.923 bits per heavy atom. The number of fused-ring (bicyclic) bond motifs is 1. The maximum atomic E-state index is 4.80. The first-order valence-corrected chi connectivity index (χ1v) is 14.2. The molecule has 2 aliphatic heterocycles.